The van der Waals surface area contributed by atoms with Crippen LogP contribution in [0.2, 0.25) is 0 Å². The molecule has 0 radical (unpaired) electrons. The highest BCUT2D eigenvalue weighted by Gasteiger charge is 2.19. The Morgan fingerprint density at radius 1 is 0.963 bits per heavy atom. The van der Waals surface area contributed by atoms with Crippen LogP contribution in [0.5, 0.6) is 0 Å². The van der Waals surface area contributed by atoms with Crippen molar-refractivity contribution in [3.8, 4) is 0 Å². The molecule has 0 unspecified atom stereocenters. The van der Waals surface area contributed by atoms with Gasteiger partial charge in [0, 0.05) is 18.4 Å². The minimum absolute atomic E-state index is 0.0536. The van der Waals surface area contributed by atoms with E-state index in [1.54, 1.807) is 18.1 Å². The fourth-order valence-electron chi connectivity index (χ4n) is 3.26. The first kappa shape index (κ1) is 17.0. The molecule has 27 heavy (non-hydrogen) atoms. The van der Waals surface area contributed by atoms with Crippen LogP contribution in [0.1, 0.15) is 21.6 Å². The molecule has 0 aliphatic carbocycles. The van der Waals surface area contributed by atoms with Crippen LogP contribution < -0.4 is 4.90 Å². The van der Waals surface area contributed by atoms with Gasteiger partial charge >= 0.3 is 0 Å². The van der Waals surface area contributed by atoms with Crippen LogP contribution in [0, 0.1) is 6.92 Å². The topological polar surface area (TPSA) is 38.1 Å². The first-order valence-electron chi connectivity index (χ1n) is 8.96. The molecule has 0 atom stereocenters. The van der Waals surface area contributed by atoms with E-state index >= 15 is 0 Å². The number of hydrogen-bond donors (Lipinski definition) is 0. The molecule has 0 saturated carbocycles. The standard InChI is InChI=1S/C23H21N3O/c1-17-22(15-24-26(17)16-18-8-4-3-5-9-18)23(27)25(2)21-13-12-19-10-6-7-11-20(19)14-21/h3-15H,16H2,1-2H3. The van der Waals surface area contributed by atoms with E-state index in [9.17, 15) is 4.79 Å². The quantitative estimate of drug-likeness (QED) is 0.533. The van der Waals surface area contributed by atoms with Crippen LogP contribution >= 0.6 is 0 Å². The van der Waals surface area contributed by atoms with E-state index in [1.807, 2.05) is 60.1 Å². The van der Waals surface area contributed by atoms with Crippen LogP contribution in [-0.4, -0.2) is 22.7 Å². The van der Waals surface area contributed by atoms with Crippen LogP contribution in [-0.2, 0) is 6.54 Å². The second-order valence-corrected chi connectivity index (χ2v) is 6.68. The predicted molar refractivity (Wildman–Crippen MR) is 109 cm³/mol. The fourth-order valence-corrected chi connectivity index (χ4v) is 3.26. The number of aromatic nitrogens is 2. The summed E-state index contributed by atoms with van der Waals surface area (Å²) in [7, 11) is 1.81. The monoisotopic (exact) mass is 355 g/mol. The molecule has 0 aliphatic heterocycles. The number of carbonyl (C=O) groups is 1. The maximum absolute atomic E-state index is 13.0. The highest BCUT2D eigenvalue weighted by Crippen LogP contribution is 2.23. The van der Waals surface area contributed by atoms with Crippen molar-refractivity contribution in [1.82, 2.24) is 9.78 Å². The molecule has 0 aliphatic rings. The number of carbonyl (C=O) groups excluding carboxylic acids is 1. The number of hydrogen-bond acceptors (Lipinski definition) is 2. The first-order valence-corrected chi connectivity index (χ1v) is 8.96. The molecule has 4 aromatic rings. The maximum atomic E-state index is 13.0. The SMILES string of the molecule is Cc1c(C(=O)N(C)c2ccc3ccccc3c2)cnn1Cc1ccccc1. The molecule has 0 bridgehead atoms. The van der Waals surface area contributed by atoms with E-state index in [0.29, 0.717) is 12.1 Å². The van der Waals surface area contributed by atoms with Gasteiger partial charge in [0.2, 0.25) is 0 Å². The van der Waals surface area contributed by atoms with E-state index in [2.05, 4.69) is 29.4 Å². The van der Waals surface area contributed by atoms with Crippen molar-refractivity contribution in [1.29, 1.82) is 0 Å². The minimum atomic E-state index is -0.0536. The summed E-state index contributed by atoms with van der Waals surface area (Å²) in [5.74, 6) is -0.0536. The molecule has 0 fully saturated rings. The predicted octanol–water partition coefficient (Wildman–Crippen LogP) is 4.67. The number of rotatable bonds is 4. The minimum Gasteiger partial charge on any atom is -0.311 e. The number of nitrogens with zero attached hydrogens (tertiary/aromatic N) is 3. The van der Waals surface area contributed by atoms with Crippen molar-refractivity contribution in [2.24, 2.45) is 0 Å². The van der Waals surface area contributed by atoms with Gasteiger partial charge in [0.25, 0.3) is 5.91 Å². The second-order valence-electron chi connectivity index (χ2n) is 6.68. The summed E-state index contributed by atoms with van der Waals surface area (Å²) in [6.45, 7) is 2.59. The van der Waals surface area contributed by atoms with Gasteiger partial charge in [0.05, 0.1) is 18.3 Å². The smallest absolute Gasteiger partial charge is 0.261 e. The van der Waals surface area contributed by atoms with Crippen molar-refractivity contribution in [3.05, 3.63) is 95.8 Å². The zero-order valence-electron chi connectivity index (χ0n) is 15.5. The largest absolute Gasteiger partial charge is 0.311 e. The van der Waals surface area contributed by atoms with Crippen molar-refractivity contribution >= 4 is 22.4 Å². The summed E-state index contributed by atoms with van der Waals surface area (Å²) >= 11 is 0. The summed E-state index contributed by atoms with van der Waals surface area (Å²) < 4.78 is 1.87. The molecule has 0 saturated heterocycles. The molecule has 1 aromatic heterocycles. The Kier molecular flexibility index (Phi) is 4.47. The third-order valence-corrected chi connectivity index (χ3v) is 4.93. The van der Waals surface area contributed by atoms with Crippen LogP contribution in [0.25, 0.3) is 10.8 Å². The van der Waals surface area contributed by atoms with Crippen molar-refractivity contribution in [2.75, 3.05) is 11.9 Å². The van der Waals surface area contributed by atoms with Gasteiger partial charge in [-0.3, -0.25) is 9.48 Å². The highest BCUT2D eigenvalue weighted by atomic mass is 16.2. The molecule has 1 amide bonds. The Bertz CT molecular complexity index is 1100. The van der Waals surface area contributed by atoms with Gasteiger partial charge in [-0.05, 0) is 35.4 Å². The summed E-state index contributed by atoms with van der Waals surface area (Å²) in [4.78, 5) is 14.7. The third kappa shape index (κ3) is 3.34. The number of amides is 1. The summed E-state index contributed by atoms with van der Waals surface area (Å²) in [5.41, 5.74) is 3.53. The Labute approximate surface area is 158 Å². The highest BCUT2D eigenvalue weighted by molar-refractivity contribution is 6.07. The van der Waals surface area contributed by atoms with E-state index in [4.69, 9.17) is 0 Å². The van der Waals surface area contributed by atoms with Gasteiger partial charge < -0.3 is 4.90 Å². The molecular formula is C23H21N3O. The number of benzene rings is 3. The molecule has 0 spiro atoms. The van der Waals surface area contributed by atoms with Crippen LogP contribution in [0.3, 0.4) is 0 Å². The molecule has 3 aromatic carbocycles. The van der Waals surface area contributed by atoms with Gasteiger partial charge in [0.1, 0.15) is 0 Å². The van der Waals surface area contributed by atoms with Crippen molar-refractivity contribution < 1.29 is 4.79 Å². The summed E-state index contributed by atoms with van der Waals surface area (Å²) in [6.07, 6.45) is 1.66. The second kappa shape index (κ2) is 7.08. The van der Waals surface area contributed by atoms with Crippen molar-refractivity contribution in [3.63, 3.8) is 0 Å². The Morgan fingerprint density at radius 3 is 2.44 bits per heavy atom. The molecule has 4 heteroatoms. The fraction of sp³-hybridized carbons (Fsp3) is 0.130. The lowest BCUT2D eigenvalue weighted by atomic mass is 10.1. The lowest BCUT2D eigenvalue weighted by molar-refractivity contribution is 0.0992. The van der Waals surface area contributed by atoms with Crippen LogP contribution in [0.4, 0.5) is 5.69 Å². The lowest BCUT2D eigenvalue weighted by Crippen LogP contribution is -2.26. The molecule has 4 rings (SSSR count). The van der Waals surface area contributed by atoms with Crippen molar-refractivity contribution in [2.45, 2.75) is 13.5 Å². The Morgan fingerprint density at radius 2 is 1.67 bits per heavy atom. The zero-order valence-corrected chi connectivity index (χ0v) is 15.5. The van der Waals surface area contributed by atoms with E-state index in [-0.39, 0.29) is 5.91 Å². The number of anilines is 1. The Hall–Kier alpha value is -3.40. The average Bonchev–Trinajstić information content (AvgIpc) is 3.07. The van der Waals surface area contributed by atoms with Gasteiger partial charge in [-0.25, -0.2) is 0 Å². The molecule has 134 valence electrons. The van der Waals surface area contributed by atoms with E-state index in [1.165, 1.54) is 0 Å². The summed E-state index contributed by atoms with van der Waals surface area (Å²) in [5, 5.41) is 6.71. The Balaban J connectivity index is 1.60. The van der Waals surface area contributed by atoms with Crippen LogP contribution in [0.15, 0.2) is 79.0 Å². The van der Waals surface area contributed by atoms with E-state index in [0.717, 1.165) is 27.7 Å². The maximum Gasteiger partial charge on any atom is 0.261 e. The van der Waals surface area contributed by atoms with Gasteiger partial charge in [-0.1, -0.05) is 60.7 Å². The molecule has 0 N–H and O–H groups in total. The molecular weight excluding hydrogens is 334 g/mol. The van der Waals surface area contributed by atoms with Gasteiger partial charge in [-0.2, -0.15) is 5.10 Å². The molecule has 1 heterocycles. The third-order valence-electron chi connectivity index (χ3n) is 4.93. The molecule has 4 nitrogen and oxygen atoms in total. The first-order chi connectivity index (χ1) is 13.1. The normalized spacial score (nSPS) is 10.9. The van der Waals surface area contributed by atoms with Gasteiger partial charge in [-0.15, -0.1) is 0 Å². The van der Waals surface area contributed by atoms with Gasteiger partial charge in [0.15, 0.2) is 0 Å². The summed E-state index contributed by atoms with van der Waals surface area (Å²) in [6, 6.07) is 24.3. The average molecular weight is 355 g/mol. The zero-order chi connectivity index (χ0) is 18.8. The lowest BCUT2D eigenvalue weighted by Gasteiger charge is -2.18. The number of fused-ring (bicyclic) bond motifs is 1. The van der Waals surface area contributed by atoms with E-state index < -0.39 is 0 Å².